The Balaban J connectivity index is 0.00000144. The maximum Gasteiger partial charge on any atom is 0.269 e. The molecule has 5 heteroatoms. The summed E-state index contributed by atoms with van der Waals surface area (Å²) in [5.74, 6) is 0. The Hall–Kier alpha value is -1.13. The first-order valence-electron chi connectivity index (χ1n) is 3.61. The number of nitro benzene ring substituents is 1. The topological polar surface area (TPSA) is 69.2 Å². The van der Waals surface area contributed by atoms with Gasteiger partial charge in [0.05, 0.1) is 4.92 Å². The highest BCUT2D eigenvalue weighted by atomic mass is 35.5. The van der Waals surface area contributed by atoms with Crippen LogP contribution in [0.4, 0.5) is 5.69 Å². The van der Waals surface area contributed by atoms with Gasteiger partial charge in [-0.15, -0.1) is 12.4 Å². The van der Waals surface area contributed by atoms with Gasteiger partial charge in [-0.3, -0.25) is 10.1 Å². The number of halogens is 1. The zero-order valence-corrected chi connectivity index (χ0v) is 7.95. The fraction of sp³-hybridized carbons (Fsp3) is 0.250. The predicted octanol–water partition coefficient (Wildman–Crippen LogP) is 2.04. The van der Waals surface area contributed by atoms with E-state index in [0.717, 1.165) is 5.56 Å². The average molecular weight is 203 g/mol. The monoisotopic (exact) mass is 202 g/mol. The summed E-state index contributed by atoms with van der Waals surface area (Å²) in [5, 5.41) is 10.3. The van der Waals surface area contributed by atoms with Gasteiger partial charge in [-0.1, -0.05) is 12.1 Å². The van der Waals surface area contributed by atoms with Gasteiger partial charge in [0, 0.05) is 18.2 Å². The molecule has 1 rings (SSSR count). The number of rotatable bonds is 2. The Bertz CT molecular complexity index is 302. The van der Waals surface area contributed by atoms with Crippen LogP contribution in [0, 0.1) is 10.1 Å². The second-order valence-electron chi connectivity index (χ2n) is 2.64. The van der Waals surface area contributed by atoms with Crippen LogP contribution in [-0.2, 0) is 0 Å². The van der Waals surface area contributed by atoms with Crippen LogP contribution in [0.5, 0.6) is 0 Å². The lowest BCUT2D eigenvalue weighted by Gasteiger charge is -2.03. The Morgan fingerprint density at radius 2 is 2.15 bits per heavy atom. The van der Waals surface area contributed by atoms with Crippen molar-refractivity contribution in [1.82, 2.24) is 0 Å². The first-order valence-corrected chi connectivity index (χ1v) is 3.61. The first kappa shape index (κ1) is 11.9. The van der Waals surface area contributed by atoms with Crippen molar-refractivity contribution in [3.63, 3.8) is 0 Å². The molecule has 2 N–H and O–H groups in total. The molecule has 0 saturated heterocycles. The molecule has 0 saturated carbocycles. The van der Waals surface area contributed by atoms with Gasteiger partial charge >= 0.3 is 0 Å². The maximum absolute atomic E-state index is 10.3. The average Bonchev–Trinajstić information content (AvgIpc) is 2.04. The third kappa shape index (κ3) is 3.01. The fourth-order valence-corrected chi connectivity index (χ4v) is 0.922. The normalized spacial score (nSPS) is 11.5. The Morgan fingerprint density at radius 1 is 1.54 bits per heavy atom. The Labute approximate surface area is 82.3 Å². The standard InChI is InChI=1S/C8H10N2O2.ClH/c1-6(9)7-3-2-4-8(5-7)10(11)12;/h2-6H,9H2,1H3;1H/t6-;/m1./s1. The molecule has 0 bridgehead atoms. The fourth-order valence-electron chi connectivity index (χ4n) is 0.922. The zero-order chi connectivity index (χ0) is 9.14. The van der Waals surface area contributed by atoms with E-state index >= 15 is 0 Å². The molecule has 0 spiro atoms. The summed E-state index contributed by atoms with van der Waals surface area (Å²) in [6.45, 7) is 1.79. The summed E-state index contributed by atoms with van der Waals surface area (Å²) in [6.07, 6.45) is 0. The van der Waals surface area contributed by atoms with Gasteiger partial charge in [0.2, 0.25) is 0 Å². The molecule has 13 heavy (non-hydrogen) atoms. The van der Waals surface area contributed by atoms with E-state index in [-0.39, 0.29) is 24.1 Å². The van der Waals surface area contributed by atoms with Crippen molar-refractivity contribution in [2.45, 2.75) is 13.0 Å². The summed E-state index contributed by atoms with van der Waals surface area (Å²) in [6, 6.07) is 6.19. The number of hydrogen-bond acceptors (Lipinski definition) is 3. The van der Waals surface area contributed by atoms with Crippen molar-refractivity contribution in [1.29, 1.82) is 0 Å². The number of nitro groups is 1. The van der Waals surface area contributed by atoms with Gasteiger partial charge < -0.3 is 5.73 Å². The minimum atomic E-state index is -0.425. The molecule has 72 valence electrons. The molecule has 0 fully saturated rings. The van der Waals surface area contributed by atoms with Crippen molar-refractivity contribution in [2.75, 3.05) is 0 Å². The second kappa shape index (κ2) is 4.79. The summed E-state index contributed by atoms with van der Waals surface area (Å²) in [5.41, 5.74) is 6.43. The lowest BCUT2D eigenvalue weighted by molar-refractivity contribution is -0.384. The van der Waals surface area contributed by atoms with Gasteiger partial charge in [0.15, 0.2) is 0 Å². The summed E-state index contributed by atoms with van der Waals surface area (Å²) >= 11 is 0. The van der Waals surface area contributed by atoms with Crippen LogP contribution < -0.4 is 5.73 Å². The lowest BCUT2D eigenvalue weighted by atomic mass is 10.1. The molecular weight excluding hydrogens is 192 g/mol. The van der Waals surface area contributed by atoms with Gasteiger partial charge in [0.25, 0.3) is 5.69 Å². The van der Waals surface area contributed by atoms with Gasteiger partial charge in [-0.05, 0) is 12.5 Å². The second-order valence-corrected chi connectivity index (χ2v) is 2.64. The molecule has 0 aliphatic heterocycles. The number of benzene rings is 1. The number of nitrogens with zero attached hydrogens (tertiary/aromatic N) is 1. The predicted molar refractivity (Wildman–Crippen MR) is 52.9 cm³/mol. The van der Waals surface area contributed by atoms with Crippen molar-refractivity contribution in [2.24, 2.45) is 5.73 Å². The van der Waals surface area contributed by atoms with E-state index in [2.05, 4.69) is 0 Å². The molecule has 0 unspecified atom stereocenters. The molecule has 0 amide bonds. The van der Waals surface area contributed by atoms with Crippen molar-refractivity contribution in [3.05, 3.63) is 39.9 Å². The van der Waals surface area contributed by atoms with E-state index in [1.807, 2.05) is 0 Å². The van der Waals surface area contributed by atoms with Crippen LogP contribution in [0.25, 0.3) is 0 Å². The molecule has 0 aromatic heterocycles. The van der Waals surface area contributed by atoms with Crippen LogP contribution in [0.3, 0.4) is 0 Å². The molecule has 1 aromatic rings. The molecule has 0 heterocycles. The van der Waals surface area contributed by atoms with Crippen molar-refractivity contribution in [3.8, 4) is 0 Å². The van der Waals surface area contributed by atoms with Crippen LogP contribution in [-0.4, -0.2) is 4.92 Å². The molecule has 1 aromatic carbocycles. The molecular formula is C8H11ClN2O2. The summed E-state index contributed by atoms with van der Waals surface area (Å²) in [7, 11) is 0. The largest absolute Gasteiger partial charge is 0.324 e. The molecule has 0 aliphatic rings. The molecule has 0 aliphatic carbocycles. The molecule has 4 nitrogen and oxygen atoms in total. The molecule has 0 radical (unpaired) electrons. The van der Waals surface area contributed by atoms with Crippen molar-refractivity contribution < 1.29 is 4.92 Å². The Kier molecular flexibility index (Phi) is 4.37. The van der Waals surface area contributed by atoms with Gasteiger partial charge in [0.1, 0.15) is 0 Å². The number of hydrogen-bond donors (Lipinski definition) is 1. The van der Waals surface area contributed by atoms with E-state index in [4.69, 9.17) is 5.73 Å². The van der Waals surface area contributed by atoms with E-state index in [0.29, 0.717) is 0 Å². The minimum Gasteiger partial charge on any atom is -0.324 e. The van der Waals surface area contributed by atoms with E-state index in [9.17, 15) is 10.1 Å². The lowest BCUT2D eigenvalue weighted by Crippen LogP contribution is -2.04. The third-order valence-electron chi connectivity index (χ3n) is 1.61. The minimum absolute atomic E-state index is 0. The zero-order valence-electron chi connectivity index (χ0n) is 7.14. The van der Waals surface area contributed by atoms with Crippen LogP contribution >= 0.6 is 12.4 Å². The molecule has 1 atom stereocenters. The maximum atomic E-state index is 10.3. The first-order chi connectivity index (χ1) is 5.61. The van der Waals surface area contributed by atoms with Gasteiger partial charge in [-0.25, -0.2) is 0 Å². The SMILES string of the molecule is C[C@@H](N)c1cccc([N+](=O)[O-])c1.Cl. The van der Waals surface area contributed by atoms with Gasteiger partial charge in [-0.2, -0.15) is 0 Å². The van der Waals surface area contributed by atoms with Crippen LogP contribution in [0.1, 0.15) is 18.5 Å². The number of nitrogens with two attached hydrogens (primary N) is 1. The highest BCUT2D eigenvalue weighted by Crippen LogP contribution is 2.16. The highest BCUT2D eigenvalue weighted by Gasteiger charge is 2.06. The Morgan fingerprint density at radius 3 is 2.62 bits per heavy atom. The van der Waals surface area contributed by atoms with E-state index in [1.54, 1.807) is 19.1 Å². The summed E-state index contributed by atoms with van der Waals surface area (Å²) in [4.78, 5) is 9.92. The third-order valence-corrected chi connectivity index (χ3v) is 1.61. The summed E-state index contributed by atoms with van der Waals surface area (Å²) < 4.78 is 0. The highest BCUT2D eigenvalue weighted by molar-refractivity contribution is 5.85. The number of non-ortho nitro benzene ring substituents is 1. The smallest absolute Gasteiger partial charge is 0.269 e. The van der Waals surface area contributed by atoms with Crippen molar-refractivity contribution >= 4 is 18.1 Å². The van der Waals surface area contributed by atoms with Crippen LogP contribution in [0.2, 0.25) is 0 Å². The van der Waals surface area contributed by atoms with E-state index in [1.165, 1.54) is 12.1 Å². The van der Waals surface area contributed by atoms with E-state index < -0.39 is 4.92 Å². The quantitative estimate of drug-likeness (QED) is 0.589. The van der Waals surface area contributed by atoms with Crippen LogP contribution in [0.15, 0.2) is 24.3 Å².